The number of piperazine rings is 2. The molecule has 0 unspecified atom stereocenters. The van der Waals surface area contributed by atoms with Crippen molar-refractivity contribution in [2.45, 2.75) is 123 Å². The van der Waals surface area contributed by atoms with Crippen LogP contribution in [0.4, 0.5) is 0 Å². The van der Waals surface area contributed by atoms with Crippen LogP contribution in [0.5, 0.6) is 11.5 Å². The number of alkyl halides is 1. The largest absolute Gasteiger partial charge is 0.491 e. The maximum atomic E-state index is 10.4. The molecule has 0 amide bonds. The number of nitrogens with one attached hydrogen (secondary N) is 1. The molecule has 0 bridgehead atoms. The summed E-state index contributed by atoms with van der Waals surface area (Å²) in [4.78, 5) is 16.1. The van der Waals surface area contributed by atoms with Gasteiger partial charge in [-0.15, -0.1) is 22.7 Å². The molecule has 2 saturated carbocycles. The molecule has 0 radical (unpaired) electrons. The fourth-order valence-electron chi connectivity index (χ4n) is 8.64. The van der Waals surface area contributed by atoms with E-state index in [0.717, 1.165) is 110 Å². The molecule has 0 spiro atoms. The highest BCUT2D eigenvalue weighted by Gasteiger charge is 2.21. The van der Waals surface area contributed by atoms with Gasteiger partial charge in [0.05, 0.1) is 42.7 Å². The zero-order valence-electron chi connectivity index (χ0n) is 38.0. The highest BCUT2D eigenvalue weighted by Crippen LogP contribution is 2.27. The number of β-amino-alcohol motifs (C(OH)–C–C–N with tert-alkyl or cyclic N) is 2. The van der Waals surface area contributed by atoms with Crippen LogP contribution in [0.1, 0.15) is 94.5 Å². The molecule has 2 atom stereocenters. The van der Waals surface area contributed by atoms with Crippen molar-refractivity contribution < 1.29 is 29.2 Å². The van der Waals surface area contributed by atoms with Crippen LogP contribution >= 0.6 is 38.6 Å². The smallest absolute Gasteiger partial charge is 0.121 e. The topological polar surface area (TPSA) is 125 Å². The second-order valence-electron chi connectivity index (χ2n) is 17.5. The molecule has 360 valence electrons. The number of aliphatic hydroxyl groups excluding tert-OH is 2. The summed E-state index contributed by atoms with van der Waals surface area (Å²) in [6, 6.07) is 11.9. The number of aromatic nitrogens is 2. The van der Waals surface area contributed by atoms with Crippen LogP contribution in [-0.4, -0.2) is 163 Å². The lowest BCUT2D eigenvalue weighted by molar-refractivity contribution is 0.0415. The van der Waals surface area contributed by atoms with Crippen LogP contribution in [0, 0.1) is 13.8 Å². The van der Waals surface area contributed by atoms with E-state index in [9.17, 15) is 10.2 Å². The van der Waals surface area contributed by atoms with Crippen molar-refractivity contribution in [2.75, 3.05) is 104 Å². The van der Waals surface area contributed by atoms with Gasteiger partial charge in [-0.1, -0.05) is 49.0 Å². The van der Waals surface area contributed by atoms with E-state index >= 15 is 0 Å². The number of rotatable bonds is 21. The predicted octanol–water partition coefficient (Wildman–Crippen LogP) is 8.71. The molecular weight excluding hydrogens is 913 g/mol. The van der Waals surface area contributed by atoms with Gasteiger partial charge in [-0.2, -0.15) is 0 Å². The van der Waals surface area contributed by atoms with E-state index in [1.807, 2.05) is 50.2 Å². The Morgan fingerprint density at radius 2 is 1.11 bits per heavy atom. The molecule has 2 aliphatic heterocycles. The lowest BCUT2D eigenvalue weighted by Crippen LogP contribution is -2.49. The number of unbranched alkanes of at least 4 members (excludes halogenated alkanes) is 2. The average molecular weight is 992 g/mol. The fraction of sp³-hybridized carbons (Fsp3) is 0.714. The summed E-state index contributed by atoms with van der Waals surface area (Å²) in [7, 11) is 0. The van der Waals surface area contributed by atoms with Crippen molar-refractivity contribution in [1.29, 1.82) is 0 Å². The second kappa shape index (κ2) is 29.7. The molecule has 2 aromatic carbocycles. The lowest BCUT2D eigenvalue weighted by Gasteiger charge is -2.35. The van der Waals surface area contributed by atoms with E-state index in [2.05, 4.69) is 45.9 Å². The van der Waals surface area contributed by atoms with E-state index in [1.54, 1.807) is 22.7 Å². The number of aliphatic hydroxyl groups is 2. The molecule has 4 aliphatic rings. The molecule has 15 heteroatoms. The van der Waals surface area contributed by atoms with Crippen LogP contribution in [0.2, 0.25) is 0 Å². The number of benzene rings is 2. The Morgan fingerprint density at radius 3 is 1.59 bits per heavy atom. The Balaban J connectivity index is 0.000000201. The summed E-state index contributed by atoms with van der Waals surface area (Å²) >= 11 is 6.78. The van der Waals surface area contributed by atoms with E-state index in [-0.39, 0.29) is 7.43 Å². The van der Waals surface area contributed by atoms with Crippen LogP contribution in [0.3, 0.4) is 0 Å². The fourth-order valence-corrected chi connectivity index (χ4v) is 10.7. The Bertz CT molecular complexity index is 1840. The molecule has 8 rings (SSSR count). The van der Waals surface area contributed by atoms with Crippen LogP contribution < -0.4 is 14.8 Å². The highest BCUT2D eigenvalue weighted by molar-refractivity contribution is 9.09. The number of thiazole rings is 2. The van der Waals surface area contributed by atoms with E-state index in [0.29, 0.717) is 38.5 Å². The van der Waals surface area contributed by atoms with Crippen LogP contribution in [-0.2, 0) is 9.47 Å². The predicted molar refractivity (Wildman–Crippen MR) is 269 cm³/mol. The number of aryl methyl sites for hydroxylation is 2. The third kappa shape index (κ3) is 19.3. The van der Waals surface area contributed by atoms with E-state index < -0.39 is 12.2 Å². The van der Waals surface area contributed by atoms with Gasteiger partial charge < -0.3 is 39.4 Å². The minimum atomic E-state index is -0.479. The number of nitrogens with zero attached hydrogens (tertiary/aromatic N) is 5. The number of fused-ring (bicyclic) bond motifs is 2. The van der Waals surface area contributed by atoms with Gasteiger partial charge in [-0.25, -0.2) is 9.97 Å². The Labute approximate surface area is 400 Å². The third-order valence-electron chi connectivity index (χ3n) is 12.1. The van der Waals surface area contributed by atoms with E-state index in [1.165, 1.54) is 86.4 Å². The first-order chi connectivity index (χ1) is 30.8. The van der Waals surface area contributed by atoms with E-state index in [4.69, 9.17) is 18.9 Å². The highest BCUT2D eigenvalue weighted by atomic mass is 79.9. The summed E-state index contributed by atoms with van der Waals surface area (Å²) in [6.45, 7) is 17.2. The summed E-state index contributed by atoms with van der Waals surface area (Å²) in [5.41, 5.74) is 1.93. The summed E-state index contributed by atoms with van der Waals surface area (Å²) < 4.78 is 25.5. The van der Waals surface area contributed by atoms with Gasteiger partial charge >= 0.3 is 0 Å². The van der Waals surface area contributed by atoms with Crippen LogP contribution in [0.25, 0.3) is 20.4 Å². The van der Waals surface area contributed by atoms with Gasteiger partial charge in [0.2, 0.25) is 0 Å². The first kappa shape index (κ1) is 52.9. The monoisotopic (exact) mass is 990 g/mol. The van der Waals surface area contributed by atoms with Crippen LogP contribution in [0.15, 0.2) is 36.4 Å². The second-order valence-corrected chi connectivity index (χ2v) is 20.8. The van der Waals surface area contributed by atoms with Crippen molar-refractivity contribution >= 4 is 59.0 Å². The number of ether oxygens (including phenoxy) is 4. The molecule has 2 aromatic heterocycles. The van der Waals surface area contributed by atoms with Gasteiger partial charge in [-0.05, 0) is 96.0 Å². The minimum Gasteiger partial charge on any atom is -0.491 e. The SMILES string of the molecule is BrCCCCOC1CCCC1.C.Cc1nc2cc(OC[C@H](O)CN3CCN(CCCCOC4CCCC4)CC3)ccc2s1.Cc1nc2cc(OC[C@H](O)CN3CCNCC3)ccc2s1. The van der Waals surface area contributed by atoms with Gasteiger partial charge in [-0.3, -0.25) is 9.80 Å². The molecule has 4 aromatic rings. The minimum absolute atomic E-state index is 0. The van der Waals surface area contributed by atoms with Crippen molar-refractivity contribution in [3.63, 3.8) is 0 Å². The lowest BCUT2D eigenvalue weighted by atomic mass is 10.2. The van der Waals surface area contributed by atoms with Crippen molar-refractivity contribution in [3.05, 3.63) is 46.4 Å². The Morgan fingerprint density at radius 1 is 0.656 bits per heavy atom. The normalized spacial score (nSPS) is 18.9. The zero-order valence-corrected chi connectivity index (χ0v) is 41.2. The first-order valence-electron chi connectivity index (χ1n) is 23.8. The Hall–Kier alpha value is -2.02. The number of hydrogen-bond donors (Lipinski definition) is 3. The summed E-state index contributed by atoms with van der Waals surface area (Å²) in [5, 5.41) is 27.0. The third-order valence-corrected chi connectivity index (χ3v) is 14.6. The Kier molecular flexibility index (Phi) is 24.5. The summed E-state index contributed by atoms with van der Waals surface area (Å²) in [5.74, 6) is 1.55. The van der Waals surface area contributed by atoms with Gasteiger partial charge in [0.1, 0.15) is 36.9 Å². The van der Waals surface area contributed by atoms with Gasteiger partial charge in [0.25, 0.3) is 0 Å². The molecule has 4 fully saturated rings. The summed E-state index contributed by atoms with van der Waals surface area (Å²) in [6.07, 6.45) is 15.6. The maximum Gasteiger partial charge on any atom is 0.121 e. The molecule has 3 N–H and O–H groups in total. The quantitative estimate of drug-likeness (QED) is 0.0547. The standard InChI is InChI=1S/C24H37N3O3S.C15H21N3O2S.C9H17BrO.CH4/c1-19-25-23-16-22(8-9-24(23)31-19)30-18-20(28)17-27-13-11-26(12-14-27)10-4-5-15-29-21-6-2-3-7-21;1-11-17-14-8-13(2-3-15(14)21-11)20-10-12(19)9-18-6-4-16-5-7-18;10-7-3-4-8-11-9-5-1-2-6-9;/h8-9,16,20-21,28H,2-7,10-15,17-18H2,1H3;2-3,8,12,16,19H,4-7,9-10H2,1H3;9H,1-8H2;1H4/t20-;12-;;/m11../s1. The molecular formula is C49H79BrN6O6S2. The number of halogens is 1. The van der Waals surface area contributed by atoms with Gasteiger partial charge in [0.15, 0.2) is 0 Å². The zero-order chi connectivity index (χ0) is 44.1. The molecule has 64 heavy (non-hydrogen) atoms. The first-order valence-corrected chi connectivity index (χ1v) is 26.6. The van der Waals surface area contributed by atoms with Crippen molar-refractivity contribution in [1.82, 2.24) is 30.0 Å². The molecule has 12 nitrogen and oxygen atoms in total. The van der Waals surface area contributed by atoms with Crippen molar-refractivity contribution in [3.8, 4) is 11.5 Å². The number of hydrogen-bond acceptors (Lipinski definition) is 14. The maximum absolute atomic E-state index is 10.4. The molecule has 2 aliphatic carbocycles. The average Bonchev–Trinajstić information content (AvgIpc) is 4.13. The van der Waals surface area contributed by atoms with Gasteiger partial charge in [0, 0.05) is 96.1 Å². The van der Waals surface area contributed by atoms with Crippen molar-refractivity contribution in [2.24, 2.45) is 0 Å². The molecule has 2 saturated heterocycles. The molecule has 4 heterocycles.